The zero-order valence-electron chi connectivity index (χ0n) is 11.5. The Morgan fingerprint density at radius 2 is 2.30 bits per heavy atom. The number of carbonyl (C=O) groups excluding carboxylic acids is 1. The second kappa shape index (κ2) is 5.68. The molecule has 1 saturated heterocycles. The fourth-order valence-electron chi connectivity index (χ4n) is 2.48. The molecule has 2 heterocycles. The number of hydrogen-bond acceptors (Lipinski definition) is 5. The molecule has 1 aromatic carbocycles. The van der Waals surface area contributed by atoms with Crippen LogP contribution in [0.5, 0.6) is 11.5 Å². The van der Waals surface area contributed by atoms with Crippen LogP contribution in [0.4, 0.5) is 5.69 Å². The Morgan fingerprint density at radius 1 is 1.45 bits per heavy atom. The Hall–Kier alpha value is -1.79. The largest absolute Gasteiger partial charge is 0.454 e. The molecular weight excluding hydrogens is 258 g/mol. The molecule has 2 aliphatic heterocycles. The molecule has 0 aliphatic carbocycles. The smallest absolute Gasteiger partial charge is 0.238 e. The molecule has 6 nitrogen and oxygen atoms in total. The summed E-state index contributed by atoms with van der Waals surface area (Å²) in [6, 6.07) is 5.81. The number of piperazine rings is 1. The van der Waals surface area contributed by atoms with E-state index in [1.54, 1.807) is 6.07 Å². The standard InChI is InChI=1S/C14H19N3O3/c1-10-7-15-4-5-17(10)8-14(18)16-11-2-3-12-13(6-11)20-9-19-12/h2-3,6,10,15H,4-5,7-9H2,1H3,(H,16,18)/t10-/m1/s1. The summed E-state index contributed by atoms with van der Waals surface area (Å²) in [5, 5.41) is 6.21. The molecule has 1 atom stereocenters. The van der Waals surface area contributed by atoms with E-state index in [0.717, 1.165) is 31.1 Å². The first-order valence-electron chi connectivity index (χ1n) is 6.86. The first-order chi connectivity index (χ1) is 9.72. The number of nitrogens with one attached hydrogen (secondary N) is 2. The minimum absolute atomic E-state index is 0.00221. The van der Waals surface area contributed by atoms with Gasteiger partial charge in [0.15, 0.2) is 11.5 Å². The van der Waals surface area contributed by atoms with E-state index in [2.05, 4.69) is 22.5 Å². The highest BCUT2D eigenvalue weighted by Gasteiger charge is 2.20. The van der Waals surface area contributed by atoms with Crippen LogP contribution in [0.1, 0.15) is 6.92 Å². The van der Waals surface area contributed by atoms with E-state index >= 15 is 0 Å². The molecule has 1 fully saturated rings. The van der Waals surface area contributed by atoms with Gasteiger partial charge >= 0.3 is 0 Å². The van der Waals surface area contributed by atoms with Gasteiger partial charge in [-0.05, 0) is 19.1 Å². The number of anilines is 1. The normalized spacial score (nSPS) is 21.8. The van der Waals surface area contributed by atoms with E-state index in [4.69, 9.17) is 9.47 Å². The van der Waals surface area contributed by atoms with Crippen LogP contribution in [0.2, 0.25) is 0 Å². The summed E-state index contributed by atoms with van der Waals surface area (Å²) in [5.74, 6) is 1.40. The van der Waals surface area contributed by atoms with Crippen molar-refractivity contribution in [2.24, 2.45) is 0 Å². The second-order valence-corrected chi connectivity index (χ2v) is 5.14. The molecule has 1 aromatic rings. The highest BCUT2D eigenvalue weighted by atomic mass is 16.7. The van der Waals surface area contributed by atoms with Crippen molar-refractivity contribution in [2.45, 2.75) is 13.0 Å². The first-order valence-corrected chi connectivity index (χ1v) is 6.86. The summed E-state index contributed by atoms with van der Waals surface area (Å²) in [7, 11) is 0. The van der Waals surface area contributed by atoms with Gasteiger partial charge in [-0.25, -0.2) is 0 Å². The summed E-state index contributed by atoms with van der Waals surface area (Å²) < 4.78 is 10.5. The van der Waals surface area contributed by atoms with Gasteiger partial charge in [-0.15, -0.1) is 0 Å². The highest BCUT2D eigenvalue weighted by Crippen LogP contribution is 2.34. The lowest BCUT2D eigenvalue weighted by atomic mass is 10.2. The number of benzene rings is 1. The summed E-state index contributed by atoms with van der Waals surface area (Å²) in [5.41, 5.74) is 0.738. The average molecular weight is 277 g/mol. The molecule has 0 saturated carbocycles. The van der Waals surface area contributed by atoms with Crippen molar-refractivity contribution < 1.29 is 14.3 Å². The molecule has 2 N–H and O–H groups in total. The number of amides is 1. The predicted molar refractivity (Wildman–Crippen MR) is 75.1 cm³/mol. The SMILES string of the molecule is C[C@@H]1CNCCN1CC(=O)Nc1ccc2c(c1)OCO2. The fraction of sp³-hybridized carbons (Fsp3) is 0.500. The van der Waals surface area contributed by atoms with Gasteiger partial charge in [0.2, 0.25) is 12.7 Å². The third-order valence-corrected chi connectivity index (χ3v) is 3.64. The van der Waals surface area contributed by atoms with Gasteiger partial charge in [-0.3, -0.25) is 9.69 Å². The van der Waals surface area contributed by atoms with Crippen LogP contribution in [0.3, 0.4) is 0 Å². The zero-order chi connectivity index (χ0) is 13.9. The quantitative estimate of drug-likeness (QED) is 0.849. The van der Waals surface area contributed by atoms with E-state index in [0.29, 0.717) is 18.3 Å². The van der Waals surface area contributed by atoms with Crippen molar-refractivity contribution in [1.29, 1.82) is 0 Å². The van der Waals surface area contributed by atoms with Crippen molar-refractivity contribution in [3.05, 3.63) is 18.2 Å². The molecule has 2 aliphatic rings. The molecular formula is C14H19N3O3. The van der Waals surface area contributed by atoms with Crippen LogP contribution in [0, 0.1) is 0 Å². The van der Waals surface area contributed by atoms with E-state index in [1.807, 2.05) is 12.1 Å². The number of carbonyl (C=O) groups is 1. The lowest BCUT2D eigenvalue weighted by Gasteiger charge is -2.33. The topological polar surface area (TPSA) is 62.8 Å². The molecule has 20 heavy (non-hydrogen) atoms. The van der Waals surface area contributed by atoms with Crippen molar-refractivity contribution >= 4 is 11.6 Å². The third-order valence-electron chi connectivity index (χ3n) is 3.64. The maximum absolute atomic E-state index is 12.1. The van der Waals surface area contributed by atoms with Crippen LogP contribution in [0.15, 0.2) is 18.2 Å². The van der Waals surface area contributed by atoms with Gasteiger partial charge in [0.05, 0.1) is 6.54 Å². The predicted octanol–water partition coefficient (Wildman–Crippen LogP) is 0.647. The molecule has 108 valence electrons. The summed E-state index contributed by atoms with van der Waals surface area (Å²) >= 11 is 0. The number of fused-ring (bicyclic) bond motifs is 1. The Bertz CT molecular complexity index is 506. The van der Waals surface area contributed by atoms with Crippen molar-refractivity contribution in [2.75, 3.05) is 38.3 Å². The summed E-state index contributed by atoms with van der Waals surface area (Å²) in [4.78, 5) is 14.3. The van der Waals surface area contributed by atoms with Gasteiger partial charge in [0.25, 0.3) is 0 Å². The van der Waals surface area contributed by atoms with Gasteiger partial charge in [-0.2, -0.15) is 0 Å². The zero-order valence-corrected chi connectivity index (χ0v) is 11.5. The Morgan fingerprint density at radius 3 is 3.15 bits per heavy atom. The van der Waals surface area contributed by atoms with Crippen LogP contribution in [0.25, 0.3) is 0 Å². The van der Waals surface area contributed by atoms with E-state index < -0.39 is 0 Å². The molecule has 0 aromatic heterocycles. The lowest BCUT2D eigenvalue weighted by Crippen LogP contribution is -2.51. The van der Waals surface area contributed by atoms with Crippen LogP contribution >= 0.6 is 0 Å². The van der Waals surface area contributed by atoms with Crippen molar-refractivity contribution in [3.8, 4) is 11.5 Å². The van der Waals surface area contributed by atoms with Gasteiger partial charge < -0.3 is 20.1 Å². The van der Waals surface area contributed by atoms with Crippen LogP contribution in [-0.2, 0) is 4.79 Å². The van der Waals surface area contributed by atoms with E-state index in [9.17, 15) is 4.79 Å². The minimum Gasteiger partial charge on any atom is -0.454 e. The Balaban J connectivity index is 1.58. The number of nitrogens with zero attached hydrogens (tertiary/aromatic N) is 1. The maximum Gasteiger partial charge on any atom is 0.238 e. The highest BCUT2D eigenvalue weighted by molar-refractivity contribution is 5.92. The van der Waals surface area contributed by atoms with Crippen molar-refractivity contribution in [3.63, 3.8) is 0 Å². The van der Waals surface area contributed by atoms with Crippen LogP contribution in [-0.4, -0.2) is 49.8 Å². The number of ether oxygens (including phenoxy) is 2. The van der Waals surface area contributed by atoms with E-state index in [-0.39, 0.29) is 12.7 Å². The monoisotopic (exact) mass is 277 g/mol. The van der Waals surface area contributed by atoms with Gasteiger partial charge in [0, 0.05) is 37.4 Å². The molecule has 0 radical (unpaired) electrons. The summed E-state index contributed by atoms with van der Waals surface area (Å²) in [6.45, 7) is 5.54. The van der Waals surface area contributed by atoms with Gasteiger partial charge in [0.1, 0.15) is 0 Å². The Kier molecular flexibility index (Phi) is 3.75. The first kappa shape index (κ1) is 13.2. The third kappa shape index (κ3) is 2.86. The minimum atomic E-state index is -0.00221. The molecule has 0 spiro atoms. The summed E-state index contributed by atoms with van der Waals surface area (Å²) in [6.07, 6.45) is 0. The van der Waals surface area contributed by atoms with Crippen molar-refractivity contribution in [1.82, 2.24) is 10.2 Å². The molecule has 0 bridgehead atoms. The number of hydrogen-bond donors (Lipinski definition) is 2. The molecule has 3 rings (SSSR count). The second-order valence-electron chi connectivity index (χ2n) is 5.14. The molecule has 0 unspecified atom stereocenters. The van der Waals surface area contributed by atoms with Crippen LogP contribution < -0.4 is 20.1 Å². The van der Waals surface area contributed by atoms with Gasteiger partial charge in [-0.1, -0.05) is 0 Å². The fourth-order valence-corrected chi connectivity index (χ4v) is 2.48. The Labute approximate surface area is 118 Å². The lowest BCUT2D eigenvalue weighted by molar-refractivity contribution is -0.118. The molecule has 1 amide bonds. The number of rotatable bonds is 3. The average Bonchev–Trinajstić information content (AvgIpc) is 2.89. The maximum atomic E-state index is 12.1. The van der Waals surface area contributed by atoms with E-state index in [1.165, 1.54) is 0 Å². The molecule has 6 heteroatoms.